The molecule has 0 bridgehead atoms. The summed E-state index contributed by atoms with van der Waals surface area (Å²) in [6.07, 6.45) is 1.54. The lowest BCUT2D eigenvalue weighted by atomic mass is 10.0. The van der Waals surface area contributed by atoms with Crippen LogP contribution in [0, 0.1) is 5.92 Å². The van der Waals surface area contributed by atoms with E-state index >= 15 is 0 Å². The normalized spacial score (nSPS) is 29.6. The molecule has 0 N–H and O–H groups in total. The van der Waals surface area contributed by atoms with E-state index in [0.29, 0.717) is 13.2 Å². The maximum absolute atomic E-state index is 12.9. The molecule has 0 saturated carbocycles. The zero-order chi connectivity index (χ0) is 13.9. The Labute approximate surface area is 119 Å². The monoisotopic (exact) mass is 275 g/mol. The van der Waals surface area contributed by atoms with Gasteiger partial charge in [-0.3, -0.25) is 4.79 Å². The van der Waals surface area contributed by atoms with E-state index in [4.69, 9.17) is 9.47 Å². The molecule has 4 heteroatoms. The van der Waals surface area contributed by atoms with E-state index < -0.39 is 0 Å². The van der Waals surface area contributed by atoms with Gasteiger partial charge in [-0.1, -0.05) is 25.1 Å². The quantitative estimate of drug-likeness (QED) is 0.849. The molecule has 0 aromatic heterocycles. The fourth-order valence-corrected chi connectivity index (χ4v) is 2.98. The number of amides is 1. The molecule has 0 aliphatic carbocycles. The Morgan fingerprint density at radius 2 is 2.00 bits per heavy atom. The van der Waals surface area contributed by atoms with Gasteiger partial charge in [0.25, 0.3) is 5.91 Å². The number of anilines is 1. The molecule has 108 valence electrons. The maximum Gasteiger partial charge on any atom is 0.256 e. The fraction of sp³-hybridized carbons (Fsp3) is 0.562. The van der Waals surface area contributed by atoms with Gasteiger partial charge in [-0.15, -0.1) is 0 Å². The van der Waals surface area contributed by atoms with Crippen molar-refractivity contribution in [2.45, 2.75) is 31.9 Å². The Balaban J connectivity index is 1.87. The summed E-state index contributed by atoms with van der Waals surface area (Å²) in [7, 11) is 0. The van der Waals surface area contributed by atoms with Crippen molar-refractivity contribution in [1.29, 1.82) is 0 Å². The first-order valence-corrected chi connectivity index (χ1v) is 7.35. The van der Waals surface area contributed by atoms with Crippen LogP contribution in [0.3, 0.4) is 0 Å². The SMILES string of the molecule is C[C@@H]1CCO[C@@H]1C(=O)N(c1ccccc1)C1CCOC1. The van der Waals surface area contributed by atoms with E-state index in [1.807, 2.05) is 35.2 Å². The van der Waals surface area contributed by atoms with Gasteiger partial charge in [0, 0.05) is 18.9 Å². The lowest BCUT2D eigenvalue weighted by molar-refractivity contribution is -0.129. The second kappa shape index (κ2) is 5.94. The molecule has 2 saturated heterocycles. The first-order valence-electron chi connectivity index (χ1n) is 7.35. The highest BCUT2D eigenvalue weighted by atomic mass is 16.5. The molecule has 2 fully saturated rings. The molecular weight excluding hydrogens is 254 g/mol. The van der Waals surface area contributed by atoms with Gasteiger partial charge in [-0.05, 0) is 30.9 Å². The fourth-order valence-electron chi connectivity index (χ4n) is 2.98. The van der Waals surface area contributed by atoms with Gasteiger partial charge in [0.05, 0.1) is 12.6 Å². The van der Waals surface area contributed by atoms with Crippen LogP contribution in [0.5, 0.6) is 0 Å². The first-order chi connectivity index (χ1) is 9.77. The summed E-state index contributed by atoms with van der Waals surface area (Å²) in [6.45, 7) is 4.11. The standard InChI is InChI=1S/C16H21NO3/c1-12-7-10-20-15(12)16(18)17(14-8-9-19-11-14)13-5-3-2-4-6-13/h2-6,12,14-15H,7-11H2,1H3/t12-,14?,15+/m1/s1. The van der Waals surface area contributed by atoms with Crippen LogP contribution in [0.1, 0.15) is 19.8 Å². The number of nitrogens with zero attached hydrogens (tertiary/aromatic N) is 1. The van der Waals surface area contributed by atoms with Crippen molar-refractivity contribution in [2.24, 2.45) is 5.92 Å². The Kier molecular flexibility index (Phi) is 4.03. The largest absolute Gasteiger partial charge is 0.379 e. The third kappa shape index (κ3) is 2.58. The molecular formula is C16H21NO3. The van der Waals surface area contributed by atoms with Crippen LogP contribution in [0.2, 0.25) is 0 Å². The van der Waals surface area contributed by atoms with Gasteiger partial charge in [0.2, 0.25) is 0 Å². The van der Waals surface area contributed by atoms with Gasteiger partial charge >= 0.3 is 0 Å². The molecule has 4 nitrogen and oxygen atoms in total. The minimum absolute atomic E-state index is 0.0803. The van der Waals surface area contributed by atoms with E-state index in [9.17, 15) is 4.79 Å². The van der Waals surface area contributed by atoms with Crippen molar-refractivity contribution in [3.8, 4) is 0 Å². The van der Waals surface area contributed by atoms with Gasteiger partial charge in [0.1, 0.15) is 6.10 Å². The molecule has 3 rings (SSSR count). The third-order valence-electron chi connectivity index (χ3n) is 4.17. The number of para-hydroxylation sites is 1. The Hall–Kier alpha value is -1.39. The van der Waals surface area contributed by atoms with Gasteiger partial charge in [-0.2, -0.15) is 0 Å². The van der Waals surface area contributed by atoms with Crippen LogP contribution < -0.4 is 4.90 Å². The zero-order valence-electron chi connectivity index (χ0n) is 11.8. The van der Waals surface area contributed by atoms with Crippen molar-refractivity contribution in [1.82, 2.24) is 0 Å². The minimum atomic E-state index is -0.309. The van der Waals surface area contributed by atoms with Gasteiger partial charge in [0.15, 0.2) is 0 Å². The number of carbonyl (C=O) groups excluding carboxylic acids is 1. The molecule has 1 unspecified atom stereocenters. The molecule has 0 radical (unpaired) electrons. The smallest absolute Gasteiger partial charge is 0.256 e. The van der Waals surface area contributed by atoms with Crippen LogP contribution in [-0.2, 0) is 14.3 Å². The second-order valence-electron chi connectivity index (χ2n) is 5.62. The maximum atomic E-state index is 12.9. The topological polar surface area (TPSA) is 38.8 Å². The summed E-state index contributed by atoms with van der Waals surface area (Å²) in [4.78, 5) is 14.8. The lowest BCUT2D eigenvalue weighted by Gasteiger charge is -2.31. The highest BCUT2D eigenvalue weighted by molar-refractivity contribution is 5.97. The summed E-state index contributed by atoms with van der Waals surface area (Å²) in [5.74, 6) is 0.368. The van der Waals surface area contributed by atoms with E-state index in [1.165, 1.54) is 0 Å². The molecule has 0 spiro atoms. The Bertz CT molecular complexity index is 456. The molecule has 1 amide bonds. The minimum Gasteiger partial charge on any atom is -0.379 e. The molecule has 1 aromatic rings. The zero-order valence-corrected chi connectivity index (χ0v) is 11.8. The number of hydrogen-bond acceptors (Lipinski definition) is 3. The van der Waals surface area contributed by atoms with Crippen molar-refractivity contribution < 1.29 is 14.3 Å². The predicted molar refractivity (Wildman–Crippen MR) is 76.7 cm³/mol. The summed E-state index contributed by atoms with van der Waals surface area (Å²) < 4.78 is 11.1. The van der Waals surface area contributed by atoms with E-state index in [0.717, 1.165) is 25.1 Å². The highest BCUT2D eigenvalue weighted by Crippen LogP contribution is 2.28. The second-order valence-corrected chi connectivity index (χ2v) is 5.62. The first kappa shape index (κ1) is 13.6. The van der Waals surface area contributed by atoms with Gasteiger partial charge in [-0.25, -0.2) is 0 Å². The average molecular weight is 275 g/mol. The number of carbonyl (C=O) groups is 1. The molecule has 2 aliphatic rings. The Morgan fingerprint density at radius 3 is 2.60 bits per heavy atom. The molecule has 3 atom stereocenters. The van der Waals surface area contributed by atoms with Crippen LogP contribution in [-0.4, -0.2) is 37.9 Å². The van der Waals surface area contributed by atoms with E-state index in [2.05, 4.69) is 6.92 Å². The summed E-state index contributed by atoms with van der Waals surface area (Å²) in [5.41, 5.74) is 0.940. The Morgan fingerprint density at radius 1 is 1.20 bits per heavy atom. The highest BCUT2D eigenvalue weighted by Gasteiger charge is 2.38. The number of ether oxygens (including phenoxy) is 2. The van der Waals surface area contributed by atoms with Crippen LogP contribution in [0.25, 0.3) is 0 Å². The summed E-state index contributed by atoms with van der Waals surface area (Å²) in [5, 5.41) is 0. The van der Waals surface area contributed by atoms with Crippen LogP contribution in [0.15, 0.2) is 30.3 Å². The van der Waals surface area contributed by atoms with Crippen LogP contribution in [0.4, 0.5) is 5.69 Å². The molecule has 2 aliphatic heterocycles. The summed E-state index contributed by atoms with van der Waals surface area (Å²) >= 11 is 0. The van der Waals surface area contributed by atoms with E-state index in [-0.39, 0.29) is 24.0 Å². The molecule has 20 heavy (non-hydrogen) atoms. The van der Waals surface area contributed by atoms with Crippen molar-refractivity contribution in [2.75, 3.05) is 24.7 Å². The lowest BCUT2D eigenvalue weighted by Crippen LogP contribution is -2.47. The number of hydrogen-bond donors (Lipinski definition) is 0. The van der Waals surface area contributed by atoms with Gasteiger partial charge < -0.3 is 14.4 Å². The predicted octanol–water partition coefficient (Wildman–Crippen LogP) is 2.23. The molecule has 2 heterocycles. The van der Waals surface area contributed by atoms with Crippen molar-refractivity contribution in [3.05, 3.63) is 30.3 Å². The van der Waals surface area contributed by atoms with Crippen LogP contribution >= 0.6 is 0 Å². The number of rotatable bonds is 3. The van der Waals surface area contributed by atoms with Crippen molar-refractivity contribution in [3.63, 3.8) is 0 Å². The average Bonchev–Trinajstić information content (AvgIpc) is 3.12. The summed E-state index contributed by atoms with van der Waals surface area (Å²) in [6, 6.07) is 9.98. The van der Waals surface area contributed by atoms with Crippen molar-refractivity contribution >= 4 is 11.6 Å². The molecule has 1 aromatic carbocycles. The van der Waals surface area contributed by atoms with E-state index in [1.54, 1.807) is 0 Å². The number of benzene rings is 1. The third-order valence-corrected chi connectivity index (χ3v) is 4.17.